The summed E-state index contributed by atoms with van der Waals surface area (Å²) in [6.07, 6.45) is 0.996. The third kappa shape index (κ3) is 3.24. The molecule has 0 fully saturated rings. The highest BCUT2D eigenvalue weighted by molar-refractivity contribution is 8.05. The van der Waals surface area contributed by atoms with Gasteiger partial charge < -0.3 is 4.74 Å². The SMILES string of the molecule is CCOC(=O)Nc1ncc(SC#N)s1. The van der Waals surface area contributed by atoms with E-state index in [-0.39, 0.29) is 0 Å². The number of aromatic nitrogens is 1. The van der Waals surface area contributed by atoms with E-state index in [1.807, 2.05) is 5.40 Å². The molecule has 7 heteroatoms. The number of nitrogens with zero attached hydrogens (tertiary/aromatic N) is 2. The van der Waals surface area contributed by atoms with Crippen LogP contribution >= 0.6 is 23.1 Å². The van der Waals surface area contributed by atoms with Crippen LogP contribution in [0.4, 0.5) is 9.93 Å². The van der Waals surface area contributed by atoms with Gasteiger partial charge in [0.05, 0.1) is 17.0 Å². The van der Waals surface area contributed by atoms with Crippen LogP contribution in [0.2, 0.25) is 0 Å². The first-order chi connectivity index (χ1) is 6.76. The van der Waals surface area contributed by atoms with Gasteiger partial charge in [0, 0.05) is 11.8 Å². The van der Waals surface area contributed by atoms with Crippen LogP contribution in [0.25, 0.3) is 0 Å². The summed E-state index contributed by atoms with van der Waals surface area (Å²) in [6, 6.07) is 0. The van der Waals surface area contributed by atoms with E-state index < -0.39 is 6.09 Å². The molecule has 1 amide bonds. The van der Waals surface area contributed by atoms with Crippen molar-refractivity contribution in [1.82, 2.24) is 4.98 Å². The number of nitrogens with one attached hydrogen (secondary N) is 1. The molecule has 0 aromatic carbocycles. The molecule has 5 nitrogen and oxygen atoms in total. The zero-order chi connectivity index (χ0) is 10.4. The molecule has 0 saturated heterocycles. The Morgan fingerprint density at radius 1 is 1.93 bits per heavy atom. The number of thiazole rings is 1. The number of thiocyanates is 1. The normalized spacial score (nSPS) is 9.14. The van der Waals surface area contributed by atoms with Gasteiger partial charge in [-0.25, -0.2) is 9.78 Å². The van der Waals surface area contributed by atoms with Gasteiger partial charge in [0.15, 0.2) is 5.13 Å². The lowest BCUT2D eigenvalue weighted by atomic mass is 10.8. The molecule has 74 valence electrons. The maximum Gasteiger partial charge on any atom is 0.413 e. The highest BCUT2D eigenvalue weighted by atomic mass is 32.2. The molecule has 0 aliphatic rings. The lowest BCUT2D eigenvalue weighted by molar-refractivity contribution is 0.168. The molecule has 14 heavy (non-hydrogen) atoms. The summed E-state index contributed by atoms with van der Waals surface area (Å²) >= 11 is 2.24. The van der Waals surface area contributed by atoms with Gasteiger partial charge in [-0.1, -0.05) is 11.3 Å². The monoisotopic (exact) mass is 229 g/mol. The molecule has 1 heterocycles. The lowest BCUT2D eigenvalue weighted by Gasteiger charge is -1.99. The molecule has 0 aliphatic heterocycles. The first-order valence-corrected chi connectivity index (χ1v) is 5.35. The smallest absolute Gasteiger partial charge is 0.413 e. The standard InChI is InChI=1S/C7H7N3O2S2/c1-2-12-7(11)10-6-9-3-5(14-6)13-4-8/h3H,2H2,1H3,(H,9,10,11). The van der Waals surface area contributed by atoms with Gasteiger partial charge in [0.2, 0.25) is 0 Å². The van der Waals surface area contributed by atoms with Crippen molar-refractivity contribution < 1.29 is 9.53 Å². The van der Waals surface area contributed by atoms with Gasteiger partial charge >= 0.3 is 6.09 Å². The zero-order valence-corrected chi connectivity index (χ0v) is 8.94. The highest BCUT2D eigenvalue weighted by Gasteiger charge is 2.06. The molecule has 0 aliphatic carbocycles. The summed E-state index contributed by atoms with van der Waals surface area (Å²) < 4.78 is 5.40. The lowest BCUT2D eigenvalue weighted by Crippen LogP contribution is -2.12. The average Bonchev–Trinajstić information content (AvgIpc) is 2.53. The minimum Gasteiger partial charge on any atom is -0.450 e. The van der Waals surface area contributed by atoms with Crippen LogP contribution in [0, 0.1) is 10.7 Å². The van der Waals surface area contributed by atoms with E-state index >= 15 is 0 Å². The fourth-order valence-corrected chi connectivity index (χ4v) is 1.91. The molecule has 1 N–H and O–H groups in total. The molecule has 1 rings (SSSR count). The van der Waals surface area contributed by atoms with Crippen molar-refractivity contribution in [3.05, 3.63) is 6.20 Å². The summed E-state index contributed by atoms with van der Waals surface area (Å²) in [7, 11) is 0. The molecular weight excluding hydrogens is 222 g/mol. The Balaban J connectivity index is 2.51. The first kappa shape index (κ1) is 10.8. The van der Waals surface area contributed by atoms with Gasteiger partial charge in [-0.3, -0.25) is 5.32 Å². The largest absolute Gasteiger partial charge is 0.450 e. The predicted molar refractivity (Wildman–Crippen MR) is 54.2 cm³/mol. The van der Waals surface area contributed by atoms with Crippen molar-refractivity contribution in [1.29, 1.82) is 5.26 Å². The summed E-state index contributed by atoms with van der Waals surface area (Å²) in [5.74, 6) is 0. The first-order valence-electron chi connectivity index (χ1n) is 3.71. The van der Waals surface area contributed by atoms with E-state index in [9.17, 15) is 4.79 Å². The van der Waals surface area contributed by atoms with Crippen molar-refractivity contribution in [3.8, 4) is 5.40 Å². The number of carbonyl (C=O) groups excluding carboxylic acids is 1. The van der Waals surface area contributed by atoms with Crippen molar-refractivity contribution in [2.45, 2.75) is 11.1 Å². The summed E-state index contributed by atoms with van der Waals surface area (Å²) in [5, 5.41) is 13.2. The van der Waals surface area contributed by atoms with Gasteiger partial charge in [0.1, 0.15) is 5.40 Å². The van der Waals surface area contributed by atoms with E-state index in [0.717, 1.165) is 16.0 Å². The van der Waals surface area contributed by atoms with Gasteiger partial charge in [-0.05, 0) is 6.92 Å². The van der Waals surface area contributed by atoms with E-state index in [0.29, 0.717) is 11.7 Å². The van der Waals surface area contributed by atoms with Crippen LogP contribution in [0.1, 0.15) is 6.92 Å². The fourth-order valence-electron chi connectivity index (χ4n) is 0.664. The van der Waals surface area contributed by atoms with E-state index in [2.05, 4.69) is 15.0 Å². The van der Waals surface area contributed by atoms with Crippen LogP contribution in [0.3, 0.4) is 0 Å². The molecule has 0 atom stereocenters. The fraction of sp³-hybridized carbons (Fsp3) is 0.286. The van der Waals surface area contributed by atoms with Gasteiger partial charge in [-0.15, -0.1) is 0 Å². The quantitative estimate of drug-likeness (QED) is 0.635. The number of hydrogen-bond donors (Lipinski definition) is 1. The Morgan fingerprint density at radius 3 is 3.36 bits per heavy atom. The minimum absolute atomic E-state index is 0.316. The van der Waals surface area contributed by atoms with Gasteiger partial charge in [-0.2, -0.15) is 5.26 Å². The Hall–Kier alpha value is -1.26. The van der Waals surface area contributed by atoms with Crippen LogP contribution in [0.15, 0.2) is 10.4 Å². The maximum atomic E-state index is 10.9. The molecule has 1 aromatic heterocycles. The molecular formula is C7H7N3O2S2. The summed E-state index contributed by atoms with van der Waals surface area (Å²) in [5.41, 5.74) is 0. The zero-order valence-electron chi connectivity index (χ0n) is 7.31. The number of rotatable bonds is 3. The molecule has 0 radical (unpaired) electrons. The Bertz CT molecular complexity index is 358. The number of thioether (sulfide) groups is 1. The number of anilines is 1. The highest BCUT2D eigenvalue weighted by Crippen LogP contribution is 2.27. The summed E-state index contributed by atoms with van der Waals surface area (Å²) in [6.45, 7) is 2.04. The van der Waals surface area contributed by atoms with Crippen LogP contribution < -0.4 is 5.32 Å². The van der Waals surface area contributed by atoms with E-state index in [1.54, 1.807) is 6.92 Å². The molecule has 0 spiro atoms. The van der Waals surface area contributed by atoms with Crippen molar-refractivity contribution in [3.63, 3.8) is 0 Å². The Labute approximate surface area is 89.1 Å². The van der Waals surface area contributed by atoms with Crippen LogP contribution in [-0.4, -0.2) is 17.7 Å². The topological polar surface area (TPSA) is 75.0 Å². The second-order valence-electron chi connectivity index (χ2n) is 2.02. The van der Waals surface area contributed by atoms with E-state index in [4.69, 9.17) is 5.26 Å². The molecule has 0 saturated carbocycles. The van der Waals surface area contributed by atoms with Crippen molar-refractivity contribution in [2.75, 3.05) is 11.9 Å². The number of hydrogen-bond acceptors (Lipinski definition) is 6. The van der Waals surface area contributed by atoms with Crippen molar-refractivity contribution in [2.24, 2.45) is 0 Å². The number of amides is 1. The minimum atomic E-state index is -0.532. The maximum absolute atomic E-state index is 10.9. The third-order valence-electron chi connectivity index (χ3n) is 1.12. The Morgan fingerprint density at radius 2 is 2.71 bits per heavy atom. The number of nitriles is 1. The molecule has 0 bridgehead atoms. The van der Waals surface area contributed by atoms with Crippen LogP contribution in [-0.2, 0) is 4.74 Å². The van der Waals surface area contributed by atoms with Crippen LogP contribution in [0.5, 0.6) is 0 Å². The second kappa shape index (κ2) is 5.47. The molecule has 0 unspecified atom stereocenters. The third-order valence-corrected chi connectivity index (χ3v) is 2.72. The van der Waals surface area contributed by atoms with Gasteiger partial charge in [0.25, 0.3) is 0 Å². The summed E-state index contributed by atoms with van der Waals surface area (Å²) in [4.78, 5) is 14.8. The van der Waals surface area contributed by atoms with Crippen molar-refractivity contribution >= 4 is 34.3 Å². The van der Waals surface area contributed by atoms with E-state index in [1.165, 1.54) is 17.5 Å². The molecule has 1 aromatic rings. The Kier molecular flexibility index (Phi) is 4.22. The second-order valence-corrected chi connectivity index (χ2v) is 4.14. The average molecular weight is 229 g/mol. The number of ether oxygens (including phenoxy) is 1. The predicted octanol–water partition coefficient (Wildman–Crippen LogP) is 2.28. The number of carbonyl (C=O) groups is 1.